The summed E-state index contributed by atoms with van der Waals surface area (Å²) in [6, 6.07) is 21.0. The van der Waals surface area contributed by atoms with Gasteiger partial charge in [-0.15, -0.1) is 0 Å². The predicted octanol–water partition coefficient (Wildman–Crippen LogP) is 4.01. The third kappa shape index (κ3) is 5.51. The molecule has 0 saturated heterocycles. The van der Waals surface area contributed by atoms with Crippen molar-refractivity contribution < 1.29 is 9.59 Å². The number of hydrogen-bond acceptors (Lipinski definition) is 4. The number of benzene rings is 2. The van der Waals surface area contributed by atoms with Gasteiger partial charge in [-0.3, -0.25) is 14.3 Å². The van der Waals surface area contributed by atoms with E-state index in [0.717, 1.165) is 22.3 Å². The molecule has 0 saturated carbocycles. The summed E-state index contributed by atoms with van der Waals surface area (Å²) in [5.74, 6) is -0.0561. The topological polar surface area (TPSA) is 80.1 Å². The van der Waals surface area contributed by atoms with E-state index in [4.69, 9.17) is 0 Å². The van der Waals surface area contributed by atoms with Crippen LogP contribution in [-0.2, 0) is 11.3 Å². The highest BCUT2D eigenvalue weighted by molar-refractivity contribution is 6.03. The van der Waals surface area contributed by atoms with E-state index in [9.17, 15) is 9.59 Å². The Kier molecular flexibility index (Phi) is 6.59. The molecule has 7 heteroatoms. The number of nitrogens with one attached hydrogen (secondary N) is 1. The molecule has 0 aliphatic heterocycles. The molecule has 0 unspecified atom stereocenters. The van der Waals surface area contributed by atoms with E-state index < -0.39 is 0 Å². The fourth-order valence-electron chi connectivity index (χ4n) is 3.57. The Morgan fingerprint density at radius 2 is 1.79 bits per heavy atom. The summed E-state index contributed by atoms with van der Waals surface area (Å²) in [5, 5.41) is 6.97. The number of hydrogen-bond donors (Lipinski definition) is 1. The number of carbonyl (C=O) groups excluding carboxylic acids is 2. The first-order chi connectivity index (χ1) is 16.0. The van der Waals surface area contributed by atoms with Crippen molar-refractivity contribution in [2.24, 2.45) is 0 Å². The number of aryl methyl sites for hydroxylation is 1. The van der Waals surface area contributed by atoms with E-state index >= 15 is 0 Å². The van der Waals surface area contributed by atoms with Crippen molar-refractivity contribution in [1.29, 1.82) is 0 Å². The number of rotatable bonds is 7. The van der Waals surface area contributed by atoms with E-state index in [-0.39, 0.29) is 18.4 Å². The first-order valence-corrected chi connectivity index (χ1v) is 10.6. The van der Waals surface area contributed by atoms with Crippen LogP contribution in [0.2, 0.25) is 0 Å². The van der Waals surface area contributed by atoms with Gasteiger partial charge in [0.2, 0.25) is 5.91 Å². The molecule has 0 bridgehead atoms. The Balaban J connectivity index is 1.46. The fraction of sp³-hybridized carbons (Fsp3) is 0.154. The van der Waals surface area contributed by atoms with Crippen molar-refractivity contribution in [3.63, 3.8) is 0 Å². The molecule has 0 spiro atoms. The molecule has 33 heavy (non-hydrogen) atoms. The fourth-order valence-corrected chi connectivity index (χ4v) is 3.57. The van der Waals surface area contributed by atoms with Gasteiger partial charge in [0, 0.05) is 31.2 Å². The number of anilines is 1. The Labute approximate surface area is 192 Å². The zero-order valence-electron chi connectivity index (χ0n) is 18.6. The number of likely N-dealkylation sites (N-methyl/N-ethyl adjacent to an activating group) is 1. The van der Waals surface area contributed by atoms with Gasteiger partial charge in [-0.1, -0.05) is 42.5 Å². The van der Waals surface area contributed by atoms with Crippen LogP contribution in [0.1, 0.15) is 21.5 Å². The van der Waals surface area contributed by atoms with Crippen LogP contribution in [0.5, 0.6) is 0 Å². The van der Waals surface area contributed by atoms with E-state index in [2.05, 4.69) is 15.4 Å². The van der Waals surface area contributed by atoms with Gasteiger partial charge in [-0.25, -0.2) is 4.98 Å². The van der Waals surface area contributed by atoms with Gasteiger partial charge in [0.1, 0.15) is 5.82 Å². The monoisotopic (exact) mass is 439 g/mol. The summed E-state index contributed by atoms with van der Waals surface area (Å²) in [4.78, 5) is 31.2. The SMILES string of the molecule is Cc1ccnc(NC(=O)CN(C)C(=O)c2ccccc2-c2ccc(Cn3cccn3)cc2)c1. The first-order valence-electron chi connectivity index (χ1n) is 10.6. The Morgan fingerprint density at radius 3 is 2.52 bits per heavy atom. The lowest BCUT2D eigenvalue weighted by Crippen LogP contribution is -2.35. The minimum Gasteiger partial charge on any atom is -0.332 e. The number of pyridine rings is 1. The molecular weight excluding hydrogens is 414 g/mol. The lowest BCUT2D eigenvalue weighted by molar-refractivity contribution is -0.116. The molecule has 2 aromatic heterocycles. The standard InChI is InChI=1S/C26H25N5O2/c1-19-12-14-27-24(16-19)29-25(32)18-30(2)26(33)23-7-4-3-6-22(23)21-10-8-20(9-11-21)17-31-15-5-13-28-31/h3-16H,17-18H2,1-2H3,(H,27,29,32). The predicted molar refractivity (Wildman–Crippen MR) is 128 cm³/mol. The van der Waals surface area contributed by atoms with Crippen LogP contribution >= 0.6 is 0 Å². The number of amides is 2. The third-order valence-electron chi connectivity index (χ3n) is 5.24. The minimum absolute atomic E-state index is 0.0778. The van der Waals surface area contributed by atoms with Crippen LogP contribution in [0.4, 0.5) is 5.82 Å². The molecule has 0 atom stereocenters. The van der Waals surface area contributed by atoms with Crippen molar-refractivity contribution in [1.82, 2.24) is 19.7 Å². The second-order valence-electron chi connectivity index (χ2n) is 7.87. The highest BCUT2D eigenvalue weighted by atomic mass is 16.2. The molecule has 2 heterocycles. The van der Waals surface area contributed by atoms with Gasteiger partial charge in [0.15, 0.2) is 0 Å². The normalized spacial score (nSPS) is 10.6. The molecule has 4 rings (SSSR count). The van der Waals surface area contributed by atoms with Gasteiger partial charge in [0.25, 0.3) is 5.91 Å². The van der Waals surface area contributed by atoms with Crippen molar-refractivity contribution in [3.05, 3.63) is 102 Å². The quantitative estimate of drug-likeness (QED) is 0.472. The molecule has 4 aromatic rings. The number of aromatic nitrogens is 3. The first kappa shape index (κ1) is 22.0. The molecule has 0 fully saturated rings. The maximum absolute atomic E-state index is 13.2. The highest BCUT2D eigenvalue weighted by Gasteiger charge is 2.19. The lowest BCUT2D eigenvalue weighted by Gasteiger charge is -2.19. The van der Waals surface area contributed by atoms with Gasteiger partial charge in [-0.05, 0) is 53.4 Å². The summed E-state index contributed by atoms with van der Waals surface area (Å²) < 4.78 is 1.86. The van der Waals surface area contributed by atoms with Crippen molar-refractivity contribution >= 4 is 17.6 Å². The summed E-state index contributed by atoms with van der Waals surface area (Å²) >= 11 is 0. The molecule has 0 radical (unpaired) electrons. The zero-order chi connectivity index (χ0) is 23.2. The van der Waals surface area contributed by atoms with Gasteiger partial charge in [0.05, 0.1) is 13.1 Å². The smallest absolute Gasteiger partial charge is 0.254 e. The lowest BCUT2D eigenvalue weighted by atomic mass is 9.98. The van der Waals surface area contributed by atoms with Crippen LogP contribution in [0.3, 0.4) is 0 Å². The van der Waals surface area contributed by atoms with Crippen LogP contribution in [0.15, 0.2) is 85.3 Å². The van der Waals surface area contributed by atoms with Crippen LogP contribution in [-0.4, -0.2) is 45.1 Å². The largest absolute Gasteiger partial charge is 0.332 e. The molecular formula is C26H25N5O2. The summed E-state index contributed by atoms with van der Waals surface area (Å²) in [5.41, 5.74) is 4.41. The van der Waals surface area contributed by atoms with Crippen molar-refractivity contribution in [3.8, 4) is 11.1 Å². The third-order valence-corrected chi connectivity index (χ3v) is 5.24. The molecule has 0 aliphatic carbocycles. The summed E-state index contributed by atoms with van der Waals surface area (Å²) in [7, 11) is 1.62. The van der Waals surface area contributed by atoms with Gasteiger partial charge in [-0.2, -0.15) is 5.10 Å². The van der Waals surface area contributed by atoms with Crippen molar-refractivity contribution in [2.45, 2.75) is 13.5 Å². The zero-order valence-corrected chi connectivity index (χ0v) is 18.6. The second kappa shape index (κ2) is 9.91. The van der Waals surface area contributed by atoms with Crippen LogP contribution in [0, 0.1) is 6.92 Å². The van der Waals surface area contributed by atoms with E-state index in [1.54, 1.807) is 31.6 Å². The number of nitrogens with zero attached hydrogens (tertiary/aromatic N) is 4. The van der Waals surface area contributed by atoms with E-state index in [1.165, 1.54) is 4.90 Å². The van der Waals surface area contributed by atoms with E-state index in [1.807, 2.05) is 72.4 Å². The maximum Gasteiger partial charge on any atom is 0.254 e. The summed E-state index contributed by atoms with van der Waals surface area (Å²) in [6.07, 6.45) is 5.31. The van der Waals surface area contributed by atoms with Crippen LogP contribution < -0.4 is 5.32 Å². The number of carbonyl (C=O) groups is 2. The van der Waals surface area contributed by atoms with Crippen LogP contribution in [0.25, 0.3) is 11.1 Å². The second-order valence-corrected chi connectivity index (χ2v) is 7.87. The molecule has 2 amide bonds. The summed E-state index contributed by atoms with van der Waals surface area (Å²) in [6.45, 7) is 2.53. The molecule has 166 valence electrons. The van der Waals surface area contributed by atoms with E-state index in [0.29, 0.717) is 17.9 Å². The molecule has 1 N–H and O–H groups in total. The minimum atomic E-state index is -0.301. The Hall–Kier alpha value is -4.26. The average Bonchev–Trinajstić information content (AvgIpc) is 3.32. The average molecular weight is 440 g/mol. The maximum atomic E-state index is 13.2. The molecule has 7 nitrogen and oxygen atoms in total. The van der Waals surface area contributed by atoms with Crippen molar-refractivity contribution in [2.75, 3.05) is 18.9 Å². The van der Waals surface area contributed by atoms with Gasteiger partial charge >= 0.3 is 0 Å². The Bertz CT molecular complexity index is 1250. The molecule has 2 aromatic carbocycles. The molecule has 0 aliphatic rings. The highest BCUT2D eigenvalue weighted by Crippen LogP contribution is 2.25. The Morgan fingerprint density at radius 1 is 1.00 bits per heavy atom. The van der Waals surface area contributed by atoms with Gasteiger partial charge < -0.3 is 10.2 Å².